The second-order valence-electron chi connectivity index (χ2n) is 7.85. The number of carbonyl (C=O) groups excluding carboxylic acids is 1. The molecule has 0 radical (unpaired) electrons. The Morgan fingerprint density at radius 3 is 2.06 bits per heavy atom. The highest BCUT2D eigenvalue weighted by atomic mass is 79.9. The third-order valence-electron chi connectivity index (χ3n) is 5.41. The first-order chi connectivity index (χ1) is 15.9. The van der Waals surface area contributed by atoms with Gasteiger partial charge in [0.05, 0.1) is 6.04 Å². The molecule has 35 heavy (non-hydrogen) atoms. The lowest BCUT2D eigenvalue weighted by Crippen LogP contribution is -2.43. The summed E-state index contributed by atoms with van der Waals surface area (Å²) in [6.45, 7) is 1.41. The molecule has 2 aromatic rings. The van der Waals surface area contributed by atoms with Crippen LogP contribution in [0.15, 0.2) is 39.8 Å². The largest absolute Gasteiger partial charge is 0.433 e. The number of aromatic nitrogens is 1. The summed E-state index contributed by atoms with van der Waals surface area (Å²) in [6.07, 6.45) is -16.7. The van der Waals surface area contributed by atoms with Crippen LogP contribution in [0.4, 0.5) is 39.5 Å². The van der Waals surface area contributed by atoms with Crippen molar-refractivity contribution in [1.82, 2.24) is 10.3 Å². The number of hydrogen-bond donors (Lipinski definition) is 1. The average molecular weight is 576 g/mol. The molecule has 2 unspecified atom stereocenters. The monoisotopic (exact) mass is 575 g/mol. The van der Waals surface area contributed by atoms with Gasteiger partial charge >= 0.3 is 18.5 Å². The quantitative estimate of drug-likeness (QED) is 0.421. The number of halogens is 10. The molecule has 14 heteroatoms. The van der Waals surface area contributed by atoms with E-state index in [0.29, 0.717) is 16.3 Å². The molecule has 0 fully saturated rings. The molecule has 2 heterocycles. The van der Waals surface area contributed by atoms with E-state index in [4.69, 9.17) is 0 Å². The topological polar surface area (TPSA) is 54.4 Å². The highest BCUT2D eigenvalue weighted by Crippen LogP contribution is 2.51. The Labute approximate surface area is 200 Å². The van der Waals surface area contributed by atoms with Crippen LogP contribution in [0.25, 0.3) is 0 Å². The minimum atomic E-state index is -5.41. The van der Waals surface area contributed by atoms with Crippen molar-refractivity contribution in [1.29, 1.82) is 0 Å². The Kier molecular flexibility index (Phi) is 7.01. The molecule has 1 aliphatic rings. The van der Waals surface area contributed by atoms with Crippen molar-refractivity contribution in [3.63, 3.8) is 0 Å². The number of nitrogens with zero attached hydrogens (tertiary/aromatic N) is 2. The Morgan fingerprint density at radius 2 is 1.60 bits per heavy atom. The summed E-state index contributed by atoms with van der Waals surface area (Å²) < 4.78 is 122. The van der Waals surface area contributed by atoms with Crippen LogP contribution in [-0.2, 0) is 29.1 Å². The van der Waals surface area contributed by atoms with Gasteiger partial charge in [0, 0.05) is 24.2 Å². The molecular weight excluding hydrogens is 561 g/mol. The van der Waals surface area contributed by atoms with Crippen molar-refractivity contribution in [2.75, 3.05) is 0 Å². The van der Waals surface area contributed by atoms with E-state index in [1.807, 2.05) is 0 Å². The predicted molar refractivity (Wildman–Crippen MR) is 109 cm³/mol. The van der Waals surface area contributed by atoms with Crippen molar-refractivity contribution >= 4 is 28.1 Å². The molecule has 190 valence electrons. The number of carbonyl (C=O) groups is 1. The molecule has 1 aromatic heterocycles. The second-order valence-corrected chi connectivity index (χ2v) is 8.70. The number of hydrogen-bond acceptors (Lipinski definition) is 3. The summed E-state index contributed by atoms with van der Waals surface area (Å²) in [5.74, 6) is -0.315. The highest BCUT2D eigenvalue weighted by molar-refractivity contribution is 9.10. The molecule has 2 atom stereocenters. The van der Waals surface area contributed by atoms with E-state index in [1.165, 1.54) is 25.1 Å². The van der Waals surface area contributed by atoms with Crippen LogP contribution >= 0.6 is 15.9 Å². The van der Waals surface area contributed by atoms with Gasteiger partial charge in [0.25, 0.3) is 0 Å². The van der Waals surface area contributed by atoms with Gasteiger partial charge in [0.2, 0.25) is 5.91 Å². The van der Waals surface area contributed by atoms with Gasteiger partial charge in [0.1, 0.15) is 16.8 Å². The van der Waals surface area contributed by atoms with Crippen molar-refractivity contribution < 1.29 is 44.3 Å². The lowest BCUT2D eigenvalue weighted by atomic mass is 9.76. The first-order valence-electron chi connectivity index (χ1n) is 9.75. The maximum Gasteiger partial charge on any atom is 0.433 e. The number of rotatable bonds is 4. The van der Waals surface area contributed by atoms with Gasteiger partial charge in [-0.15, -0.1) is 0 Å². The minimum Gasteiger partial charge on any atom is -0.352 e. The van der Waals surface area contributed by atoms with E-state index < -0.39 is 53.4 Å². The van der Waals surface area contributed by atoms with E-state index in [1.54, 1.807) is 0 Å². The normalized spacial score (nSPS) is 20.8. The maximum atomic E-state index is 14.2. The zero-order valence-corrected chi connectivity index (χ0v) is 19.1. The molecule has 3 rings (SSSR count). The molecule has 1 aromatic carbocycles. The fourth-order valence-electron chi connectivity index (χ4n) is 3.59. The van der Waals surface area contributed by atoms with Gasteiger partial charge in [-0.2, -0.15) is 39.5 Å². The number of benzene rings is 1. The molecule has 0 saturated heterocycles. The van der Waals surface area contributed by atoms with Crippen LogP contribution < -0.4 is 5.32 Å². The molecule has 0 saturated carbocycles. The number of amides is 1. The molecule has 1 N–H and O–H groups in total. The highest BCUT2D eigenvalue weighted by Gasteiger charge is 2.59. The standard InChI is InChI=1S/C21H15BrF9N3O/c1-10(35)32-8-12-3-2-11(4-14(12)22)15-7-18(9-33-15,21(29,30)31)13-5-16(19(23,24)25)34-17(6-13)20(26,27)28/h2-6,9,15H,7-8H2,1H3,(H,32,35). The summed E-state index contributed by atoms with van der Waals surface area (Å²) in [6, 6.07) is 3.10. The smallest absolute Gasteiger partial charge is 0.352 e. The summed E-state index contributed by atoms with van der Waals surface area (Å²) in [4.78, 5) is 17.4. The molecule has 1 amide bonds. The first-order valence-corrected chi connectivity index (χ1v) is 10.5. The van der Waals surface area contributed by atoms with Gasteiger partial charge in [-0.25, -0.2) is 4.98 Å². The lowest BCUT2D eigenvalue weighted by Gasteiger charge is -2.31. The molecule has 4 nitrogen and oxygen atoms in total. The van der Waals surface area contributed by atoms with Crippen molar-refractivity contribution in [2.45, 2.75) is 49.9 Å². The zero-order chi connectivity index (χ0) is 26.4. The maximum absolute atomic E-state index is 14.2. The van der Waals surface area contributed by atoms with Crippen LogP contribution in [-0.4, -0.2) is 23.3 Å². The fraction of sp³-hybridized carbons (Fsp3) is 0.381. The summed E-state index contributed by atoms with van der Waals surface area (Å²) in [5.41, 5.74) is -7.81. The van der Waals surface area contributed by atoms with Crippen molar-refractivity contribution in [3.8, 4) is 0 Å². The Morgan fingerprint density at radius 1 is 1.03 bits per heavy atom. The summed E-state index contributed by atoms with van der Waals surface area (Å²) >= 11 is 3.24. The van der Waals surface area contributed by atoms with E-state index in [-0.39, 0.29) is 30.1 Å². The van der Waals surface area contributed by atoms with E-state index in [2.05, 4.69) is 31.2 Å². The average Bonchev–Trinajstić information content (AvgIpc) is 3.18. The Balaban J connectivity index is 2.06. The zero-order valence-electron chi connectivity index (χ0n) is 17.5. The number of aliphatic imine (C=N–C) groups is 1. The van der Waals surface area contributed by atoms with Gasteiger partial charge < -0.3 is 5.32 Å². The number of pyridine rings is 1. The van der Waals surface area contributed by atoms with E-state index >= 15 is 0 Å². The Hall–Kier alpha value is -2.64. The van der Waals surface area contributed by atoms with Crippen molar-refractivity contribution in [2.24, 2.45) is 4.99 Å². The lowest BCUT2D eigenvalue weighted by molar-refractivity contribution is -0.170. The van der Waals surface area contributed by atoms with Crippen LogP contribution in [0.5, 0.6) is 0 Å². The molecular formula is C21H15BrF9N3O. The van der Waals surface area contributed by atoms with Gasteiger partial charge in [-0.05, 0) is 41.3 Å². The summed E-state index contributed by atoms with van der Waals surface area (Å²) in [7, 11) is 0. The molecule has 0 bridgehead atoms. The van der Waals surface area contributed by atoms with Gasteiger partial charge in [-0.1, -0.05) is 28.1 Å². The minimum absolute atomic E-state index is 0.0242. The summed E-state index contributed by atoms with van der Waals surface area (Å²) in [5, 5.41) is 2.54. The van der Waals surface area contributed by atoms with Gasteiger partial charge in [0.15, 0.2) is 0 Å². The van der Waals surface area contributed by atoms with Crippen LogP contribution in [0.3, 0.4) is 0 Å². The van der Waals surface area contributed by atoms with E-state index in [9.17, 15) is 44.3 Å². The van der Waals surface area contributed by atoms with Gasteiger partial charge in [-0.3, -0.25) is 9.79 Å². The SMILES string of the molecule is CC(=O)NCc1ccc(C2CC(c3cc(C(F)(F)F)nc(C(F)(F)F)c3)(C(F)(F)F)C=N2)cc1Br. The predicted octanol–water partition coefficient (Wildman–Crippen LogP) is 6.53. The van der Waals surface area contributed by atoms with E-state index in [0.717, 1.165) is 0 Å². The molecule has 0 spiro atoms. The van der Waals surface area contributed by atoms with Crippen molar-refractivity contribution in [3.05, 3.63) is 62.9 Å². The Bertz CT molecular complexity index is 1130. The first kappa shape index (κ1) is 27.0. The van der Waals surface area contributed by atoms with Crippen LogP contribution in [0, 0.1) is 0 Å². The van der Waals surface area contributed by atoms with Crippen LogP contribution in [0.1, 0.15) is 47.5 Å². The molecule has 1 aliphatic heterocycles. The number of alkyl halides is 9. The number of nitrogens with one attached hydrogen (secondary N) is 1. The second kappa shape index (κ2) is 9.10. The fourth-order valence-corrected chi connectivity index (χ4v) is 4.13. The third-order valence-corrected chi connectivity index (χ3v) is 6.15. The molecule has 0 aliphatic carbocycles. The third kappa shape index (κ3) is 5.62. The van der Waals surface area contributed by atoms with Crippen LogP contribution in [0.2, 0.25) is 0 Å².